The standard InChI is InChI=1S/C44H32F3N3O3S/c45-44(46,47)39-37(48-41(54-39)49-42(31-19-7-1-8-20-31,32-21-9-2-10-22-32)33-23-11-3-12-24-33)38(40(51)52)50-53-43(34-25-13-4-14-26-34,35-27-15-5-16-28-35)36-29-17-6-18-30-36/h1-30H,(H,48,49)(H,51,52)/b50-38-. The van der Waals surface area contributed by atoms with Gasteiger partial charge in [0.1, 0.15) is 16.1 Å². The van der Waals surface area contributed by atoms with Gasteiger partial charge in [-0.2, -0.15) is 13.2 Å². The number of hydrogen-bond acceptors (Lipinski definition) is 6. The van der Waals surface area contributed by atoms with Crippen LogP contribution in [0.5, 0.6) is 0 Å². The van der Waals surface area contributed by atoms with Crippen LogP contribution in [0.3, 0.4) is 0 Å². The Kier molecular flexibility index (Phi) is 10.1. The number of nitrogens with one attached hydrogen (secondary N) is 1. The lowest BCUT2D eigenvalue weighted by atomic mass is 9.77. The number of hydrogen-bond donors (Lipinski definition) is 2. The van der Waals surface area contributed by atoms with Crippen molar-refractivity contribution in [3.63, 3.8) is 0 Å². The molecule has 54 heavy (non-hydrogen) atoms. The molecule has 0 saturated heterocycles. The number of thiazole rings is 1. The summed E-state index contributed by atoms with van der Waals surface area (Å²) in [6, 6.07) is 54.8. The van der Waals surface area contributed by atoms with E-state index < -0.39 is 39.6 Å². The molecule has 0 unspecified atom stereocenters. The highest BCUT2D eigenvalue weighted by molar-refractivity contribution is 7.16. The monoisotopic (exact) mass is 739 g/mol. The lowest BCUT2D eigenvalue weighted by molar-refractivity contribution is -0.134. The van der Waals surface area contributed by atoms with E-state index in [4.69, 9.17) is 4.84 Å². The van der Waals surface area contributed by atoms with Gasteiger partial charge in [0.15, 0.2) is 5.13 Å². The van der Waals surface area contributed by atoms with Crippen molar-refractivity contribution in [2.45, 2.75) is 17.3 Å². The van der Waals surface area contributed by atoms with E-state index in [1.54, 1.807) is 72.8 Å². The number of halogens is 3. The Balaban J connectivity index is 1.43. The molecule has 1 aromatic heterocycles. The van der Waals surface area contributed by atoms with Gasteiger partial charge in [-0.3, -0.25) is 0 Å². The van der Waals surface area contributed by atoms with Crippen LogP contribution in [0.2, 0.25) is 0 Å². The summed E-state index contributed by atoms with van der Waals surface area (Å²) in [4.78, 5) is 22.5. The smallest absolute Gasteiger partial charge is 0.427 e. The molecule has 268 valence electrons. The number of aliphatic carboxylic acids is 1. The van der Waals surface area contributed by atoms with E-state index in [0.29, 0.717) is 28.0 Å². The molecule has 7 aromatic rings. The molecule has 0 saturated carbocycles. The average molecular weight is 740 g/mol. The maximum atomic E-state index is 15.0. The van der Waals surface area contributed by atoms with Crippen LogP contribution in [0, 0.1) is 0 Å². The second-order valence-electron chi connectivity index (χ2n) is 12.3. The molecule has 0 aliphatic heterocycles. The van der Waals surface area contributed by atoms with E-state index in [9.17, 15) is 9.90 Å². The van der Waals surface area contributed by atoms with Crippen LogP contribution in [0.25, 0.3) is 0 Å². The average Bonchev–Trinajstić information content (AvgIpc) is 3.64. The van der Waals surface area contributed by atoms with Gasteiger partial charge in [-0.15, -0.1) is 0 Å². The summed E-state index contributed by atoms with van der Waals surface area (Å²) in [6.45, 7) is 0. The second-order valence-corrected chi connectivity index (χ2v) is 13.3. The SMILES string of the molecule is O=C(O)/C(=N\OC(c1ccccc1)(c1ccccc1)c1ccccc1)c1nc(NC(c2ccccc2)(c2ccccc2)c2ccccc2)sc1C(F)(F)F. The molecular weight excluding hydrogens is 708 g/mol. The minimum absolute atomic E-state index is 0.178. The topological polar surface area (TPSA) is 83.8 Å². The fraction of sp³-hybridized carbons (Fsp3) is 0.0682. The van der Waals surface area contributed by atoms with Crippen molar-refractivity contribution in [1.82, 2.24) is 4.98 Å². The molecule has 0 bridgehead atoms. The predicted octanol–water partition coefficient (Wildman–Crippen LogP) is 10.4. The molecule has 6 aromatic carbocycles. The molecule has 0 spiro atoms. The van der Waals surface area contributed by atoms with Crippen molar-refractivity contribution < 1.29 is 27.9 Å². The number of carboxylic acids is 1. The summed E-state index contributed by atoms with van der Waals surface area (Å²) in [7, 11) is 0. The maximum absolute atomic E-state index is 15.0. The number of anilines is 1. The first kappa shape index (κ1) is 35.9. The van der Waals surface area contributed by atoms with Crippen molar-refractivity contribution >= 4 is 28.1 Å². The third kappa shape index (κ3) is 6.87. The fourth-order valence-electron chi connectivity index (χ4n) is 6.64. The molecular formula is C44H32F3N3O3S. The lowest BCUT2D eigenvalue weighted by Crippen LogP contribution is -2.38. The van der Waals surface area contributed by atoms with E-state index in [-0.39, 0.29) is 5.13 Å². The van der Waals surface area contributed by atoms with Gasteiger partial charge in [-0.05, 0) is 16.7 Å². The van der Waals surface area contributed by atoms with E-state index >= 15 is 13.2 Å². The second kappa shape index (κ2) is 15.2. The van der Waals surface area contributed by atoms with Gasteiger partial charge in [-0.25, -0.2) is 9.78 Å². The number of carboxylic acid groups (broad SMARTS) is 1. The summed E-state index contributed by atoms with van der Waals surface area (Å²) in [5.74, 6) is -1.75. The number of carbonyl (C=O) groups is 1. The summed E-state index contributed by atoms with van der Waals surface area (Å²) in [5.41, 5.74) is -0.783. The van der Waals surface area contributed by atoms with Gasteiger partial charge in [0.2, 0.25) is 11.3 Å². The number of nitrogens with zero attached hydrogens (tertiary/aromatic N) is 2. The minimum atomic E-state index is -4.99. The lowest BCUT2D eigenvalue weighted by Gasteiger charge is -2.36. The van der Waals surface area contributed by atoms with Gasteiger partial charge in [-0.1, -0.05) is 198 Å². The fourth-order valence-corrected chi connectivity index (χ4v) is 7.53. The first-order valence-electron chi connectivity index (χ1n) is 16.9. The Bertz CT molecular complexity index is 2150. The van der Waals surface area contributed by atoms with Gasteiger partial charge in [0, 0.05) is 16.7 Å². The van der Waals surface area contributed by atoms with Crippen LogP contribution in [0.4, 0.5) is 18.3 Å². The maximum Gasteiger partial charge on any atom is 0.427 e. The van der Waals surface area contributed by atoms with E-state index in [1.807, 2.05) is 109 Å². The van der Waals surface area contributed by atoms with Gasteiger partial charge in [0.25, 0.3) is 0 Å². The molecule has 0 amide bonds. The highest BCUT2D eigenvalue weighted by atomic mass is 32.1. The van der Waals surface area contributed by atoms with Gasteiger partial charge in [0.05, 0.1) is 0 Å². The molecule has 6 nitrogen and oxygen atoms in total. The van der Waals surface area contributed by atoms with Crippen molar-refractivity contribution in [1.29, 1.82) is 0 Å². The zero-order valence-electron chi connectivity index (χ0n) is 28.5. The highest BCUT2D eigenvalue weighted by Gasteiger charge is 2.44. The van der Waals surface area contributed by atoms with Crippen molar-refractivity contribution in [3.8, 4) is 0 Å². The predicted molar refractivity (Wildman–Crippen MR) is 204 cm³/mol. The first-order valence-corrected chi connectivity index (χ1v) is 17.7. The van der Waals surface area contributed by atoms with Crippen LogP contribution in [0.1, 0.15) is 44.0 Å². The number of benzene rings is 6. The van der Waals surface area contributed by atoms with Crippen molar-refractivity contribution in [2.24, 2.45) is 5.16 Å². The molecule has 1 heterocycles. The molecule has 2 N–H and O–H groups in total. The third-order valence-corrected chi connectivity index (χ3v) is 10.1. The largest absolute Gasteiger partial charge is 0.476 e. The Morgan fingerprint density at radius 1 is 0.574 bits per heavy atom. The number of oxime groups is 1. The van der Waals surface area contributed by atoms with Crippen molar-refractivity contribution in [2.75, 3.05) is 5.32 Å². The number of aromatic nitrogens is 1. The van der Waals surface area contributed by atoms with Crippen LogP contribution in [-0.4, -0.2) is 21.8 Å². The molecule has 0 radical (unpaired) electrons. The molecule has 7 rings (SSSR count). The summed E-state index contributed by atoms with van der Waals surface area (Å²) >= 11 is 0.299. The zero-order valence-corrected chi connectivity index (χ0v) is 29.3. The third-order valence-electron chi connectivity index (χ3n) is 9.04. The Morgan fingerprint density at radius 3 is 1.22 bits per heavy atom. The molecule has 0 fully saturated rings. The number of alkyl halides is 3. The quantitative estimate of drug-likeness (QED) is 0.0741. The van der Waals surface area contributed by atoms with Crippen molar-refractivity contribution in [3.05, 3.63) is 226 Å². The van der Waals surface area contributed by atoms with Crippen LogP contribution < -0.4 is 5.32 Å². The van der Waals surface area contributed by atoms with Crippen LogP contribution >= 0.6 is 11.3 Å². The van der Waals surface area contributed by atoms with E-state index in [1.165, 1.54) is 0 Å². The molecule has 0 aliphatic rings. The van der Waals surface area contributed by atoms with Gasteiger partial charge < -0.3 is 15.3 Å². The summed E-state index contributed by atoms with van der Waals surface area (Å²) in [6.07, 6.45) is -4.99. The summed E-state index contributed by atoms with van der Waals surface area (Å²) in [5, 5.41) is 17.8. The Labute approximate surface area is 313 Å². The first-order chi connectivity index (χ1) is 26.2. The highest BCUT2D eigenvalue weighted by Crippen LogP contribution is 2.45. The Hall–Kier alpha value is -6.52. The number of rotatable bonds is 12. The van der Waals surface area contributed by atoms with Gasteiger partial charge >= 0.3 is 12.1 Å². The normalized spacial score (nSPS) is 12.2. The van der Waals surface area contributed by atoms with Crippen LogP contribution in [-0.2, 0) is 26.9 Å². The molecule has 0 atom stereocenters. The van der Waals surface area contributed by atoms with E-state index in [2.05, 4.69) is 15.5 Å². The Morgan fingerprint density at radius 2 is 0.907 bits per heavy atom. The molecule has 0 aliphatic carbocycles. The minimum Gasteiger partial charge on any atom is -0.476 e. The van der Waals surface area contributed by atoms with Crippen LogP contribution in [0.15, 0.2) is 187 Å². The molecule has 10 heteroatoms. The summed E-state index contributed by atoms with van der Waals surface area (Å²) < 4.78 is 45.0. The zero-order chi connectivity index (χ0) is 37.6. The van der Waals surface area contributed by atoms with E-state index in [0.717, 1.165) is 16.7 Å².